The molecule has 0 bridgehead atoms. The maximum absolute atomic E-state index is 10.5. The van der Waals surface area contributed by atoms with Crippen LogP contribution in [-0.2, 0) is 9.59 Å². The lowest BCUT2D eigenvalue weighted by Crippen LogP contribution is -2.43. The number of aliphatic carboxylic acids is 2. The summed E-state index contributed by atoms with van der Waals surface area (Å²) in [5.41, 5.74) is 9.97. The van der Waals surface area contributed by atoms with Crippen molar-refractivity contribution in [3.63, 3.8) is 0 Å². The number of primary amides is 1. The van der Waals surface area contributed by atoms with Crippen molar-refractivity contribution in [2.24, 2.45) is 11.5 Å². The van der Waals surface area contributed by atoms with Gasteiger partial charge in [-0.05, 0) is 36.9 Å². The van der Waals surface area contributed by atoms with E-state index in [1.54, 1.807) is 11.8 Å². The van der Waals surface area contributed by atoms with Gasteiger partial charge in [0.25, 0.3) is 0 Å². The van der Waals surface area contributed by atoms with Crippen molar-refractivity contribution >= 4 is 41.5 Å². The van der Waals surface area contributed by atoms with E-state index in [1.807, 2.05) is 12.5 Å². The third kappa shape index (κ3) is 15.1. The molecular formula is C11H23N3O5S2. The number of hydrogen-bond donors (Lipinski definition) is 5. The van der Waals surface area contributed by atoms with Crippen LogP contribution >= 0.6 is 23.5 Å². The van der Waals surface area contributed by atoms with Gasteiger partial charge in [-0.3, -0.25) is 4.79 Å². The molecule has 8 nitrogen and oxygen atoms in total. The molecule has 0 aromatic rings. The highest BCUT2D eigenvalue weighted by Gasteiger charge is 2.17. The Bertz CT molecular complexity index is 331. The smallest absolute Gasteiger partial charge is 0.326 e. The minimum atomic E-state index is -1.05. The standard InChI is InChI=1S/C6H12N2O3S.C5H11NO2S/c1-12-3-2-4(5(9)10)8-6(7)11;1-9-3-2-4(6)5(7)8/h4H,2-3H2,1H3,(H,9,10)(H3,7,8,11);4H,2-3,6H2,1H3,(H,7,8)/t2*4-/m10/s1. The lowest BCUT2D eigenvalue weighted by Gasteiger charge is -2.11. The van der Waals surface area contributed by atoms with Crippen LogP contribution in [0.15, 0.2) is 0 Å². The number of nitrogens with one attached hydrogen (secondary N) is 1. The highest BCUT2D eigenvalue weighted by molar-refractivity contribution is 7.98. The van der Waals surface area contributed by atoms with E-state index in [4.69, 9.17) is 21.7 Å². The summed E-state index contributed by atoms with van der Waals surface area (Å²) in [5.74, 6) is -0.475. The van der Waals surface area contributed by atoms with Gasteiger partial charge < -0.3 is 27.0 Å². The molecule has 0 aliphatic carbocycles. The second-order valence-electron chi connectivity index (χ2n) is 3.91. The van der Waals surface area contributed by atoms with E-state index in [1.165, 1.54) is 11.8 Å². The van der Waals surface area contributed by atoms with E-state index >= 15 is 0 Å². The first kappa shape index (κ1) is 22.2. The molecule has 0 fully saturated rings. The maximum Gasteiger partial charge on any atom is 0.326 e. The Morgan fingerprint density at radius 2 is 1.52 bits per heavy atom. The zero-order valence-electron chi connectivity index (χ0n) is 12.1. The average Bonchev–Trinajstić information content (AvgIpc) is 2.40. The Balaban J connectivity index is 0. The van der Waals surface area contributed by atoms with Gasteiger partial charge in [-0.15, -0.1) is 0 Å². The van der Waals surface area contributed by atoms with Crippen LogP contribution in [-0.4, -0.2) is 64.3 Å². The van der Waals surface area contributed by atoms with Crippen molar-refractivity contribution in [1.82, 2.24) is 5.32 Å². The van der Waals surface area contributed by atoms with Crippen LogP contribution in [0.1, 0.15) is 12.8 Å². The SMILES string of the molecule is CSCC[C@@H](NC(N)=O)C(=O)O.CSCC[C@H](N)C(=O)O. The van der Waals surface area contributed by atoms with Crippen LogP contribution < -0.4 is 16.8 Å². The van der Waals surface area contributed by atoms with E-state index < -0.39 is 30.1 Å². The van der Waals surface area contributed by atoms with Crippen LogP contribution in [0.2, 0.25) is 0 Å². The summed E-state index contributed by atoms with van der Waals surface area (Å²) in [7, 11) is 0. The number of rotatable bonds is 9. The fraction of sp³-hybridized carbons (Fsp3) is 0.727. The normalized spacial score (nSPS) is 12.5. The molecule has 0 unspecified atom stereocenters. The van der Waals surface area contributed by atoms with Crippen molar-refractivity contribution < 1.29 is 24.6 Å². The van der Waals surface area contributed by atoms with E-state index in [-0.39, 0.29) is 0 Å². The van der Waals surface area contributed by atoms with Crippen molar-refractivity contribution in [2.75, 3.05) is 24.0 Å². The largest absolute Gasteiger partial charge is 0.480 e. The van der Waals surface area contributed by atoms with Gasteiger partial charge in [-0.2, -0.15) is 23.5 Å². The summed E-state index contributed by atoms with van der Waals surface area (Å²) < 4.78 is 0. The van der Waals surface area contributed by atoms with E-state index in [2.05, 4.69) is 5.32 Å². The van der Waals surface area contributed by atoms with Gasteiger partial charge >= 0.3 is 18.0 Å². The first-order valence-electron chi connectivity index (χ1n) is 6.01. The van der Waals surface area contributed by atoms with Crippen molar-refractivity contribution in [3.05, 3.63) is 0 Å². The highest BCUT2D eigenvalue weighted by atomic mass is 32.2. The Morgan fingerprint density at radius 1 is 1.05 bits per heavy atom. The quantitative estimate of drug-likeness (QED) is 0.393. The number of nitrogens with two attached hydrogens (primary N) is 2. The molecule has 0 aliphatic heterocycles. The van der Waals surface area contributed by atoms with Crippen molar-refractivity contribution in [1.29, 1.82) is 0 Å². The lowest BCUT2D eigenvalue weighted by molar-refractivity contribution is -0.139. The second-order valence-corrected chi connectivity index (χ2v) is 5.88. The Kier molecular flexibility index (Phi) is 14.6. The number of carbonyl (C=O) groups is 3. The minimum absolute atomic E-state index is 0.388. The first-order chi connectivity index (χ1) is 9.76. The van der Waals surface area contributed by atoms with Crippen LogP contribution in [0, 0.1) is 0 Å². The Hall–Kier alpha value is -1.13. The summed E-state index contributed by atoms with van der Waals surface area (Å²) in [6.45, 7) is 0. The minimum Gasteiger partial charge on any atom is -0.480 e. The second kappa shape index (κ2) is 13.8. The number of carboxylic acid groups (broad SMARTS) is 2. The van der Waals surface area contributed by atoms with E-state index in [0.29, 0.717) is 18.6 Å². The Morgan fingerprint density at radius 3 is 1.86 bits per heavy atom. The van der Waals surface area contributed by atoms with Gasteiger partial charge in [0.2, 0.25) is 0 Å². The number of amides is 2. The zero-order valence-corrected chi connectivity index (χ0v) is 13.7. The summed E-state index contributed by atoms with van der Waals surface area (Å²) in [5, 5.41) is 19.0. The molecule has 0 aliphatic rings. The molecule has 0 spiro atoms. The molecule has 0 aromatic carbocycles. The van der Waals surface area contributed by atoms with Gasteiger partial charge in [-0.1, -0.05) is 0 Å². The lowest BCUT2D eigenvalue weighted by atomic mass is 10.2. The molecule has 0 heterocycles. The van der Waals surface area contributed by atoms with E-state index in [0.717, 1.165) is 5.75 Å². The van der Waals surface area contributed by atoms with Crippen LogP contribution in [0.25, 0.3) is 0 Å². The molecule has 2 atom stereocenters. The van der Waals surface area contributed by atoms with Crippen molar-refractivity contribution in [2.45, 2.75) is 24.9 Å². The molecule has 0 saturated heterocycles. The monoisotopic (exact) mass is 341 g/mol. The maximum atomic E-state index is 10.5. The Labute approximate surface area is 132 Å². The average molecular weight is 341 g/mol. The molecule has 0 radical (unpaired) electrons. The highest BCUT2D eigenvalue weighted by Crippen LogP contribution is 2.00. The number of urea groups is 1. The number of hydrogen-bond acceptors (Lipinski definition) is 6. The molecule has 21 heavy (non-hydrogen) atoms. The van der Waals surface area contributed by atoms with Gasteiger partial charge in [0, 0.05) is 0 Å². The fourth-order valence-electron chi connectivity index (χ4n) is 1.03. The predicted octanol–water partition coefficient (Wildman–Crippen LogP) is 0.0124. The van der Waals surface area contributed by atoms with Crippen LogP contribution in [0.3, 0.4) is 0 Å². The van der Waals surface area contributed by atoms with Gasteiger partial charge in [0.15, 0.2) is 0 Å². The summed E-state index contributed by atoms with van der Waals surface area (Å²) in [4.78, 5) is 30.9. The molecule has 0 aromatic heterocycles. The van der Waals surface area contributed by atoms with Crippen LogP contribution in [0.4, 0.5) is 4.79 Å². The molecule has 10 heteroatoms. The van der Waals surface area contributed by atoms with Gasteiger partial charge in [-0.25, -0.2) is 9.59 Å². The molecule has 124 valence electrons. The molecule has 2 amide bonds. The first-order valence-corrected chi connectivity index (χ1v) is 8.80. The third-order valence-corrected chi connectivity index (χ3v) is 3.46. The number of carbonyl (C=O) groups excluding carboxylic acids is 1. The zero-order chi connectivity index (χ0) is 16.8. The number of thioether (sulfide) groups is 2. The van der Waals surface area contributed by atoms with Crippen LogP contribution in [0.5, 0.6) is 0 Å². The molecule has 0 saturated carbocycles. The summed E-state index contributed by atoms with van der Waals surface area (Å²) in [6.07, 6.45) is 4.73. The molecule has 0 rings (SSSR count). The van der Waals surface area contributed by atoms with Gasteiger partial charge in [0.05, 0.1) is 0 Å². The summed E-state index contributed by atoms with van der Waals surface area (Å²) >= 11 is 3.12. The fourth-order valence-corrected chi connectivity index (χ4v) is 1.99. The predicted molar refractivity (Wildman–Crippen MR) is 85.8 cm³/mol. The topological polar surface area (TPSA) is 156 Å². The number of carboxylic acids is 2. The summed E-state index contributed by atoms with van der Waals surface area (Å²) in [6, 6.07) is -2.35. The van der Waals surface area contributed by atoms with E-state index in [9.17, 15) is 14.4 Å². The van der Waals surface area contributed by atoms with Gasteiger partial charge in [0.1, 0.15) is 12.1 Å². The molecule has 7 N–H and O–H groups in total. The molecular weight excluding hydrogens is 318 g/mol. The third-order valence-electron chi connectivity index (χ3n) is 2.18. The van der Waals surface area contributed by atoms with Crippen molar-refractivity contribution in [3.8, 4) is 0 Å².